The molecular weight excluding hydrogens is 198 g/mol. The highest BCUT2D eigenvalue weighted by Gasteiger charge is 2.27. The van der Waals surface area contributed by atoms with Gasteiger partial charge in [0.15, 0.2) is 0 Å². The zero-order valence-electron chi connectivity index (χ0n) is 10.6. The SMILES string of the molecule is CCNC1CC(C)Oc2c(C)ccc(C)c21. The molecule has 0 fully saturated rings. The molecule has 2 rings (SSSR count). The van der Waals surface area contributed by atoms with Gasteiger partial charge in [-0.15, -0.1) is 0 Å². The Morgan fingerprint density at radius 2 is 2.00 bits per heavy atom. The third kappa shape index (κ3) is 1.94. The monoisotopic (exact) mass is 219 g/mol. The summed E-state index contributed by atoms with van der Waals surface area (Å²) in [6.07, 6.45) is 1.36. The van der Waals surface area contributed by atoms with Crippen LogP contribution in [0.3, 0.4) is 0 Å². The Kier molecular flexibility index (Phi) is 3.20. The zero-order valence-corrected chi connectivity index (χ0v) is 10.6. The lowest BCUT2D eigenvalue weighted by molar-refractivity contribution is 0.165. The number of nitrogens with one attached hydrogen (secondary N) is 1. The van der Waals surface area contributed by atoms with Gasteiger partial charge in [-0.05, 0) is 38.4 Å². The highest BCUT2D eigenvalue weighted by molar-refractivity contribution is 5.48. The van der Waals surface area contributed by atoms with Crippen molar-refractivity contribution in [1.82, 2.24) is 5.32 Å². The van der Waals surface area contributed by atoms with E-state index in [2.05, 4.69) is 45.1 Å². The molecule has 1 heterocycles. The van der Waals surface area contributed by atoms with Gasteiger partial charge in [0.2, 0.25) is 0 Å². The van der Waals surface area contributed by atoms with Crippen molar-refractivity contribution in [1.29, 1.82) is 0 Å². The van der Waals surface area contributed by atoms with Crippen LogP contribution in [0, 0.1) is 13.8 Å². The van der Waals surface area contributed by atoms with Gasteiger partial charge in [0, 0.05) is 18.0 Å². The van der Waals surface area contributed by atoms with Crippen molar-refractivity contribution in [2.45, 2.75) is 46.3 Å². The summed E-state index contributed by atoms with van der Waals surface area (Å²) in [7, 11) is 0. The molecule has 0 aliphatic carbocycles. The van der Waals surface area contributed by atoms with Crippen LogP contribution in [-0.2, 0) is 0 Å². The van der Waals surface area contributed by atoms with Gasteiger partial charge in [0.1, 0.15) is 5.75 Å². The average molecular weight is 219 g/mol. The molecule has 0 spiro atoms. The highest BCUT2D eigenvalue weighted by atomic mass is 16.5. The molecule has 0 amide bonds. The van der Waals surface area contributed by atoms with Crippen LogP contribution in [0.5, 0.6) is 5.75 Å². The van der Waals surface area contributed by atoms with Crippen molar-refractivity contribution < 1.29 is 4.74 Å². The van der Waals surface area contributed by atoms with Crippen molar-refractivity contribution in [3.05, 3.63) is 28.8 Å². The number of fused-ring (bicyclic) bond motifs is 1. The minimum Gasteiger partial charge on any atom is -0.490 e. The molecule has 1 aliphatic heterocycles. The predicted octanol–water partition coefficient (Wildman–Crippen LogP) is 3.13. The summed E-state index contributed by atoms with van der Waals surface area (Å²) in [5, 5.41) is 3.56. The fraction of sp³-hybridized carbons (Fsp3) is 0.571. The fourth-order valence-electron chi connectivity index (χ4n) is 2.53. The lowest BCUT2D eigenvalue weighted by Crippen LogP contribution is -2.32. The fourth-order valence-corrected chi connectivity index (χ4v) is 2.53. The van der Waals surface area contributed by atoms with Crippen molar-refractivity contribution >= 4 is 0 Å². The molecule has 0 radical (unpaired) electrons. The summed E-state index contributed by atoms with van der Waals surface area (Å²) < 4.78 is 5.98. The Morgan fingerprint density at radius 1 is 1.31 bits per heavy atom. The van der Waals surface area contributed by atoms with E-state index in [9.17, 15) is 0 Å². The minimum atomic E-state index is 0.303. The lowest BCUT2D eigenvalue weighted by atomic mass is 9.91. The van der Waals surface area contributed by atoms with Crippen molar-refractivity contribution in [3.63, 3.8) is 0 Å². The van der Waals surface area contributed by atoms with Crippen LogP contribution in [0.4, 0.5) is 0 Å². The molecule has 0 saturated carbocycles. The topological polar surface area (TPSA) is 21.3 Å². The number of hydrogen-bond donors (Lipinski definition) is 1. The molecule has 1 aliphatic rings. The van der Waals surface area contributed by atoms with Gasteiger partial charge in [-0.3, -0.25) is 0 Å². The van der Waals surface area contributed by atoms with E-state index in [1.807, 2.05) is 0 Å². The summed E-state index contributed by atoms with van der Waals surface area (Å²) in [6, 6.07) is 4.79. The van der Waals surface area contributed by atoms with Crippen molar-refractivity contribution in [2.24, 2.45) is 0 Å². The molecule has 0 bridgehead atoms. The van der Waals surface area contributed by atoms with E-state index in [4.69, 9.17) is 4.74 Å². The first-order chi connectivity index (χ1) is 7.63. The Labute approximate surface area is 98.0 Å². The Bertz CT molecular complexity index is 387. The molecular formula is C14H21NO. The Morgan fingerprint density at radius 3 is 2.69 bits per heavy atom. The van der Waals surface area contributed by atoms with Crippen LogP contribution < -0.4 is 10.1 Å². The maximum Gasteiger partial charge on any atom is 0.127 e. The molecule has 88 valence electrons. The standard InChI is InChI=1S/C14H21NO/c1-5-15-12-8-11(4)16-14-10(3)7-6-9(2)13(12)14/h6-7,11-12,15H,5,8H2,1-4H3. The molecule has 2 heteroatoms. The van der Waals surface area contributed by atoms with E-state index in [-0.39, 0.29) is 0 Å². The van der Waals surface area contributed by atoms with Gasteiger partial charge in [-0.2, -0.15) is 0 Å². The van der Waals surface area contributed by atoms with Crippen LogP contribution in [-0.4, -0.2) is 12.6 Å². The summed E-state index contributed by atoms with van der Waals surface area (Å²) in [6.45, 7) is 9.60. The summed E-state index contributed by atoms with van der Waals surface area (Å²) in [5.74, 6) is 1.10. The third-order valence-corrected chi connectivity index (χ3v) is 3.30. The Balaban J connectivity index is 2.47. The van der Waals surface area contributed by atoms with E-state index in [0.717, 1.165) is 18.7 Å². The summed E-state index contributed by atoms with van der Waals surface area (Å²) >= 11 is 0. The van der Waals surface area contributed by atoms with Crippen LogP contribution in [0.15, 0.2) is 12.1 Å². The molecule has 1 N–H and O–H groups in total. The van der Waals surface area contributed by atoms with Crippen LogP contribution >= 0.6 is 0 Å². The lowest BCUT2D eigenvalue weighted by Gasteiger charge is -2.33. The third-order valence-electron chi connectivity index (χ3n) is 3.30. The van der Waals surface area contributed by atoms with Gasteiger partial charge in [0.25, 0.3) is 0 Å². The zero-order chi connectivity index (χ0) is 11.7. The largest absolute Gasteiger partial charge is 0.490 e. The van der Waals surface area contributed by atoms with Gasteiger partial charge in [-0.1, -0.05) is 19.1 Å². The van der Waals surface area contributed by atoms with Gasteiger partial charge < -0.3 is 10.1 Å². The van der Waals surface area contributed by atoms with Crippen LogP contribution in [0.1, 0.15) is 43.0 Å². The molecule has 1 aromatic rings. The number of benzene rings is 1. The first kappa shape index (κ1) is 11.5. The minimum absolute atomic E-state index is 0.303. The Hall–Kier alpha value is -1.02. The summed E-state index contributed by atoms with van der Waals surface area (Å²) in [5.41, 5.74) is 3.94. The number of aryl methyl sites for hydroxylation is 2. The molecule has 2 atom stereocenters. The first-order valence-corrected chi connectivity index (χ1v) is 6.13. The maximum absolute atomic E-state index is 5.98. The summed E-state index contributed by atoms with van der Waals surface area (Å²) in [4.78, 5) is 0. The van der Waals surface area contributed by atoms with Crippen LogP contribution in [0.25, 0.3) is 0 Å². The first-order valence-electron chi connectivity index (χ1n) is 6.13. The second-order valence-corrected chi connectivity index (χ2v) is 4.72. The second-order valence-electron chi connectivity index (χ2n) is 4.72. The molecule has 0 aromatic heterocycles. The van der Waals surface area contributed by atoms with Crippen LogP contribution in [0.2, 0.25) is 0 Å². The van der Waals surface area contributed by atoms with Crippen molar-refractivity contribution in [3.8, 4) is 5.75 Å². The molecule has 0 saturated heterocycles. The normalized spacial score (nSPS) is 23.8. The molecule has 2 nitrogen and oxygen atoms in total. The van der Waals surface area contributed by atoms with E-state index in [0.29, 0.717) is 12.1 Å². The number of rotatable bonds is 2. The molecule has 1 aromatic carbocycles. The van der Waals surface area contributed by atoms with E-state index >= 15 is 0 Å². The van der Waals surface area contributed by atoms with Gasteiger partial charge in [0.05, 0.1) is 6.10 Å². The van der Waals surface area contributed by atoms with Crippen molar-refractivity contribution in [2.75, 3.05) is 6.54 Å². The smallest absolute Gasteiger partial charge is 0.127 e. The number of hydrogen-bond acceptors (Lipinski definition) is 2. The van der Waals surface area contributed by atoms with E-state index in [1.165, 1.54) is 16.7 Å². The second kappa shape index (κ2) is 4.46. The van der Waals surface area contributed by atoms with Gasteiger partial charge >= 0.3 is 0 Å². The van der Waals surface area contributed by atoms with E-state index in [1.54, 1.807) is 0 Å². The predicted molar refractivity (Wildman–Crippen MR) is 67.0 cm³/mol. The van der Waals surface area contributed by atoms with E-state index < -0.39 is 0 Å². The van der Waals surface area contributed by atoms with Gasteiger partial charge in [-0.25, -0.2) is 0 Å². The molecule has 16 heavy (non-hydrogen) atoms. The highest BCUT2D eigenvalue weighted by Crippen LogP contribution is 2.39. The molecule has 2 unspecified atom stereocenters. The number of ether oxygens (including phenoxy) is 1. The maximum atomic E-state index is 5.98. The average Bonchev–Trinajstić information content (AvgIpc) is 2.23. The quantitative estimate of drug-likeness (QED) is 0.825.